The molecule has 0 aliphatic heterocycles. The van der Waals surface area contributed by atoms with Crippen LogP contribution in [0.25, 0.3) is 0 Å². The van der Waals surface area contributed by atoms with Crippen LogP contribution in [0.1, 0.15) is 22.8 Å². The van der Waals surface area contributed by atoms with E-state index in [1.165, 1.54) is 0 Å². The Hall–Kier alpha value is -2.20. The minimum Gasteiger partial charge on any atom is -0.493 e. The van der Waals surface area contributed by atoms with Crippen LogP contribution < -0.4 is 9.47 Å². The molecule has 0 N–H and O–H groups in total. The van der Waals surface area contributed by atoms with Gasteiger partial charge in [-0.3, -0.25) is 4.79 Å². The van der Waals surface area contributed by atoms with Gasteiger partial charge in [0.05, 0.1) is 14.2 Å². The molecule has 0 radical (unpaired) electrons. The fraction of sp³-hybridized carbons (Fsp3) is 0.278. The molecule has 2 aromatic rings. The summed E-state index contributed by atoms with van der Waals surface area (Å²) in [6, 6.07) is 12.7. The monoisotopic (exact) mass is 333 g/mol. The van der Waals surface area contributed by atoms with Crippen LogP contribution >= 0.6 is 11.6 Å². The van der Waals surface area contributed by atoms with Crippen molar-refractivity contribution in [1.29, 1.82) is 0 Å². The summed E-state index contributed by atoms with van der Waals surface area (Å²) in [5.41, 5.74) is 1.47. The number of hydrogen-bond donors (Lipinski definition) is 0. The molecule has 0 atom stereocenters. The molecule has 0 saturated heterocycles. The predicted octanol–water partition coefficient (Wildman–Crippen LogP) is 4.02. The highest BCUT2D eigenvalue weighted by molar-refractivity contribution is 6.31. The average molecular weight is 334 g/mol. The highest BCUT2D eigenvalue weighted by atomic mass is 35.5. The third-order valence-electron chi connectivity index (χ3n) is 3.62. The number of carbonyl (C=O) groups excluding carboxylic acids is 1. The van der Waals surface area contributed by atoms with Crippen LogP contribution in [0.4, 0.5) is 0 Å². The molecular weight excluding hydrogens is 314 g/mol. The number of halogens is 1. The molecule has 0 fully saturated rings. The summed E-state index contributed by atoms with van der Waals surface area (Å²) in [5, 5.41) is 0.658. The van der Waals surface area contributed by atoms with E-state index < -0.39 is 0 Å². The Morgan fingerprint density at radius 1 is 1.09 bits per heavy atom. The van der Waals surface area contributed by atoms with E-state index in [1.807, 2.05) is 31.2 Å². The Balaban J connectivity index is 2.24. The number of methoxy groups -OCH3 is 2. The molecule has 2 aromatic carbocycles. The van der Waals surface area contributed by atoms with Crippen LogP contribution in [-0.4, -0.2) is 31.6 Å². The van der Waals surface area contributed by atoms with Gasteiger partial charge >= 0.3 is 0 Å². The Morgan fingerprint density at radius 3 is 2.39 bits per heavy atom. The lowest BCUT2D eigenvalue weighted by Gasteiger charge is -2.22. The Bertz CT molecular complexity index is 688. The first kappa shape index (κ1) is 17.2. The lowest BCUT2D eigenvalue weighted by molar-refractivity contribution is 0.0752. The van der Waals surface area contributed by atoms with Gasteiger partial charge in [0.25, 0.3) is 5.91 Å². The second-order valence-electron chi connectivity index (χ2n) is 4.98. The minimum atomic E-state index is -0.0756. The van der Waals surface area contributed by atoms with Gasteiger partial charge < -0.3 is 14.4 Å². The van der Waals surface area contributed by atoms with Crippen LogP contribution in [0.15, 0.2) is 42.5 Å². The van der Waals surface area contributed by atoms with Gasteiger partial charge in [0.2, 0.25) is 0 Å². The van der Waals surface area contributed by atoms with Gasteiger partial charge in [-0.15, -0.1) is 0 Å². The van der Waals surface area contributed by atoms with Crippen molar-refractivity contribution in [3.8, 4) is 11.5 Å². The molecule has 0 saturated carbocycles. The Labute approximate surface area is 141 Å². The molecule has 122 valence electrons. The minimum absolute atomic E-state index is 0.0756. The summed E-state index contributed by atoms with van der Waals surface area (Å²) in [6.45, 7) is 2.98. The molecule has 0 spiro atoms. The van der Waals surface area contributed by atoms with Crippen molar-refractivity contribution in [3.05, 3.63) is 58.6 Å². The number of carbonyl (C=O) groups is 1. The first-order chi connectivity index (χ1) is 11.1. The summed E-state index contributed by atoms with van der Waals surface area (Å²) in [6.07, 6.45) is 0. The number of benzene rings is 2. The smallest absolute Gasteiger partial charge is 0.254 e. The van der Waals surface area contributed by atoms with Gasteiger partial charge in [-0.1, -0.05) is 29.8 Å². The van der Waals surface area contributed by atoms with Crippen LogP contribution in [-0.2, 0) is 6.54 Å². The fourth-order valence-electron chi connectivity index (χ4n) is 2.31. The number of nitrogens with zero attached hydrogens (tertiary/aromatic N) is 1. The van der Waals surface area contributed by atoms with Crippen molar-refractivity contribution in [2.45, 2.75) is 13.5 Å². The molecule has 23 heavy (non-hydrogen) atoms. The number of amides is 1. The summed E-state index contributed by atoms with van der Waals surface area (Å²) in [7, 11) is 3.11. The van der Waals surface area contributed by atoms with Crippen molar-refractivity contribution in [1.82, 2.24) is 4.90 Å². The molecule has 0 aliphatic carbocycles. The van der Waals surface area contributed by atoms with Crippen molar-refractivity contribution in [2.75, 3.05) is 20.8 Å². The van der Waals surface area contributed by atoms with Crippen molar-refractivity contribution >= 4 is 17.5 Å². The van der Waals surface area contributed by atoms with E-state index in [9.17, 15) is 4.79 Å². The first-order valence-corrected chi connectivity index (χ1v) is 7.73. The van der Waals surface area contributed by atoms with Gasteiger partial charge in [0, 0.05) is 23.7 Å². The molecule has 2 rings (SSSR count). The van der Waals surface area contributed by atoms with Gasteiger partial charge in [-0.25, -0.2) is 0 Å². The summed E-state index contributed by atoms with van der Waals surface area (Å²) >= 11 is 6.19. The maximum Gasteiger partial charge on any atom is 0.254 e. The summed E-state index contributed by atoms with van der Waals surface area (Å²) < 4.78 is 10.5. The van der Waals surface area contributed by atoms with E-state index in [1.54, 1.807) is 37.3 Å². The Kier molecular flexibility index (Phi) is 5.88. The molecule has 0 unspecified atom stereocenters. The highest BCUT2D eigenvalue weighted by Gasteiger charge is 2.17. The van der Waals surface area contributed by atoms with E-state index in [0.29, 0.717) is 35.2 Å². The van der Waals surface area contributed by atoms with E-state index in [-0.39, 0.29) is 5.91 Å². The summed E-state index contributed by atoms with van der Waals surface area (Å²) in [4.78, 5) is 14.5. The predicted molar refractivity (Wildman–Crippen MR) is 91.4 cm³/mol. The number of hydrogen-bond acceptors (Lipinski definition) is 3. The Morgan fingerprint density at radius 2 is 1.78 bits per heavy atom. The largest absolute Gasteiger partial charge is 0.493 e. The standard InChI is InChI=1S/C18H20ClNO3/c1-4-20(12-14-7-5-6-8-15(14)19)18(21)13-9-10-16(22-2)17(11-13)23-3/h5-11H,4,12H2,1-3H3. The van der Waals surface area contributed by atoms with Crippen LogP contribution in [0.3, 0.4) is 0 Å². The normalized spacial score (nSPS) is 10.3. The third kappa shape index (κ3) is 3.96. The molecule has 0 aromatic heterocycles. The summed E-state index contributed by atoms with van der Waals surface area (Å²) in [5.74, 6) is 1.05. The molecule has 0 bridgehead atoms. The molecule has 0 aliphatic rings. The van der Waals surface area contributed by atoms with Crippen molar-refractivity contribution in [2.24, 2.45) is 0 Å². The van der Waals surface area contributed by atoms with E-state index in [4.69, 9.17) is 21.1 Å². The second-order valence-corrected chi connectivity index (χ2v) is 5.39. The fourth-order valence-corrected chi connectivity index (χ4v) is 2.51. The zero-order chi connectivity index (χ0) is 16.8. The van der Waals surface area contributed by atoms with Gasteiger partial charge in [0.1, 0.15) is 0 Å². The molecule has 0 heterocycles. The number of ether oxygens (including phenoxy) is 2. The first-order valence-electron chi connectivity index (χ1n) is 7.35. The van der Waals surface area contributed by atoms with Crippen LogP contribution in [0, 0.1) is 0 Å². The molecule has 1 amide bonds. The quantitative estimate of drug-likeness (QED) is 0.801. The SMILES string of the molecule is CCN(Cc1ccccc1Cl)C(=O)c1ccc(OC)c(OC)c1. The maximum atomic E-state index is 12.7. The zero-order valence-corrected chi connectivity index (χ0v) is 14.3. The van der Waals surface area contributed by atoms with E-state index >= 15 is 0 Å². The number of rotatable bonds is 6. The van der Waals surface area contributed by atoms with Gasteiger partial charge in [-0.05, 0) is 36.8 Å². The van der Waals surface area contributed by atoms with E-state index in [0.717, 1.165) is 5.56 Å². The third-order valence-corrected chi connectivity index (χ3v) is 3.99. The molecule has 4 nitrogen and oxygen atoms in total. The lowest BCUT2D eigenvalue weighted by Crippen LogP contribution is -2.30. The second kappa shape index (κ2) is 7.88. The topological polar surface area (TPSA) is 38.8 Å². The van der Waals surface area contributed by atoms with Crippen LogP contribution in [0.2, 0.25) is 5.02 Å². The van der Waals surface area contributed by atoms with Crippen molar-refractivity contribution in [3.63, 3.8) is 0 Å². The maximum absolute atomic E-state index is 12.7. The van der Waals surface area contributed by atoms with Crippen LogP contribution in [0.5, 0.6) is 11.5 Å². The molecular formula is C18H20ClNO3. The average Bonchev–Trinajstić information content (AvgIpc) is 2.59. The van der Waals surface area contributed by atoms with Gasteiger partial charge in [0.15, 0.2) is 11.5 Å². The lowest BCUT2D eigenvalue weighted by atomic mass is 10.1. The van der Waals surface area contributed by atoms with Gasteiger partial charge in [-0.2, -0.15) is 0 Å². The highest BCUT2D eigenvalue weighted by Crippen LogP contribution is 2.28. The van der Waals surface area contributed by atoms with E-state index in [2.05, 4.69) is 0 Å². The van der Waals surface area contributed by atoms with Crippen molar-refractivity contribution < 1.29 is 14.3 Å². The zero-order valence-electron chi connectivity index (χ0n) is 13.5. The molecule has 5 heteroatoms.